The van der Waals surface area contributed by atoms with Crippen LogP contribution in [0.3, 0.4) is 0 Å². The third-order valence-electron chi connectivity index (χ3n) is 3.46. The van der Waals surface area contributed by atoms with Gasteiger partial charge in [-0.1, -0.05) is 24.3 Å². The first kappa shape index (κ1) is 19.7. The van der Waals surface area contributed by atoms with E-state index in [1.807, 2.05) is 37.3 Å². The second-order valence-electron chi connectivity index (χ2n) is 5.72. The molecule has 1 heterocycles. The van der Waals surface area contributed by atoms with Crippen molar-refractivity contribution in [2.75, 3.05) is 24.1 Å². The summed E-state index contributed by atoms with van der Waals surface area (Å²) < 4.78 is 25.5. The maximum absolute atomic E-state index is 11.5. The van der Waals surface area contributed by atoms with Crippen LogP contribution in [-0.4, -0.2) is 38.7 Å². The zero-order valence-electron chi connectivity index (χ0n) is 15.1. The number of hydrogen-bond acceptors (Lipinski definition) is 4. The number of pyridine rings is 1. The minimum absolute atomic E-state index is 0.359. The van der Waals surface area contributed by atoms with Crippen LogP contribution in [0.5, 0.6) is 0 Å². The van der Waals surface area contributed by atoms with Crippen LogP contribution in [0.15, 0.2) is 53.7 Å². The minimum atomic E-state index is -3.33. The molecule has 0 spiro atoms. The fourth-order valence-electron chi connectivity index (χ4n) is 2.32. The zero-order valence-corrected chi connectivity index (χ0v) is 15.9. The number of guanidine groups is 1. The highest BCUT2D eigenvalue weighted by molar-refractivity contribution is 7.92. The van der Waals surface area contributed by atoms with Gasteiger partial charge >= 0.3 is 0 Å². The van der Waals surface area contributed by atoms with Crippen LogP contribution in [-0.2, 0) is 23.0 Å². The molecule has 1 aromatic heterocycles. The molecule has 26 heavy (non-hydrogen) atoms. The van der Waals surface area contributed by atoms with Gasteiger partial charge < -0.3 is 10.6 Å². The van der Waals surface area contributed by atoms with Gasteiger partial charge in [0.25, 0.3) is 0 Å². The highest BCUT2D eigenvalue weighted by atomic mass is 32.2. The Labute approximate surface area is 155 Å². The number of aliphatic imine (C=N–C) groups is 1. The number of para-hydroxylation sites is 1. The van der Waals surface area contributed by atoms with Crippen molar-refractivity contribution in [1.82, 2.24) is 15.6 Å². The van der Waals surface area contributed by atoms with Crippen molar-refractivity contribution in [3.05, 3.63) is 59.9 Å². The number of sulfonamides is 1. The Kier molecular flexibility index (Phi) is 7.40. The summed E-state index contributed by atoms with van der Waals surface area (Å²) in [5.41, 5.74) is 2.36. The molecule has 0 fully saturated rings. The summed E-state index contributed by atoms with van der Waals surface area (Å²) in [6.07, 6.45) is 3.70. The zero-order chi connectivity index (χ0) is 18.8. The smallest absolute Gasteiger partial charge is 0.229 e. The van der Waals surface area contributed by atoms with Crippen LogP contribution in [0.25, 0.3) is 0 Å². The van der Waals surface area contributed by atoms with E-state index >= 15 is 0 Å². The Hall–Kier alpha value is -2.61. The molecule has 0 aliphatic rings. The van der Waals surface area contributed by atoms with E-state index in [-0.39, 0.29) is 0 Å². The van der Waals surface area contributed by atoms with Crippen molar-refractivity contribution in [2.24, 2.45) is 4.99 Å². The van der Waals surface area contributed by atoms with Crippen LogP contribution in [0.2, 0.25) is 0 Å². The number of anilines is 1. The standard InChI is InChI=1S/C18H25N5O2S/c1-3-19-18(21-13-11-16-9-6-7-12-20-16)22-14-15-8-4-5-10-17(15)23-26(2,24)25/h4-10,12,23H,3,11,13-14H2,1-2H3,(H2,19,21,22). The van der Waals surface area contributed by atoms with Gasteiger partial charge in [-0.3, -0.25) is 9.71 Å². The number of nitrogens with one attached hydrogen (secondary N) is 3. The molecule has 0 saturated heterocycles. The van der Waals surface area contributed by atoms with Gasteiger partial charge in [0.05, 0.1) is 18.5 Å². The van der Waals surface area contributed by atoms with E-state index in [4.69, 9.17) is 0 Å². The summed E-state index contributed by atoms with van der Waals surface area (Å²) in [4.78, 5) is 8.84. The van der Waals surface area contributed by atoms with E-state index < -0.39 is 10.0 Å². The molecule has 0 aliphatic carbocycles. The molecule has 0 radical (unpaired) electrons. The van der Waals surface area contributed by atoms with Crippen LogP contribution in [0.1, 0.15) is 18.2 Å². The van der Waals surface area contributed by atoms with Gasteiger partial charge in [0.15, 0.2) is 5.96 Å². The van der Waals surface area contributed by atoms with Gasteiger partial charge in [-0.05, 0) is 30.7 Å². The second-order valence-corrected chi connectivity index (χ2v) is 7.47. The number of nitrogens with zero attached hydrogens (tertiary/aromatic N) is 2. The molecule has 0 bridgehead atoms. The lowest BCUT2D eigenvalue weighted by Crippen LogP contribution is -2.38. The largest absolute Gasteiger partial charge is 0.357 e. The van der Waals surface area contributed by atoms with Crippen LogP contribution < -0.4 is 15.4 Å². The van der Waals surface area contributed by atoms with Gasteiger partial charge in [-0.2, -0.15) is 0 Å². The number of hydrogen-bond donors (Lipinski definition) is 3. The van der Waals surface area contributed by atoms with Crippen LogP contribution in [0, 0.1) is 0 Å². The van der Waals surface area contributed by atoms with Gasteiger partial charge in [-0.25, -0.2) is 13.4 Å². The van der Waals surface area contributed by atoms with E-state index in [1.165, 1.54) is 0 Å². The molecular weight excluding hydrogens is 350 g/mol. The van der Waals surface area contributed by atoms with Gasteiger partial charge in [-0.15, -0.1) is 0 Å². The lowest BCUT2D eigenvalue weighted by Gasteiger charge is -2.12. The maximum atomic E-state index is 11.5. The topological polar surface area (TPSA) is 95.5 Å². The molecule has 140 valence electrons. The summed E-state index contributed by atoms with van der Waals surface area (Å²) in [5.74, 6) is 0.678. The van der Waals surface area contributed by atoms with Crippen molar-refractivity contribution >= 4 is 21.7 Å². The molecule has 0 unspecified atom stereocenters. The number of aromatic nitrogens is 1. The molecule has 7 nitrogen and oxygen atoms in total. The molecule has 0 aliphatic heterocycles. The Morgan fingerprint density at radius 1 is 1.12 bits per heavy atom. The molecule has 0 saturated carbocycles. The summed E-state index contributed by atoms with van der Waals surface area (Å²) in [6.45, 7) is 3.79. The quantitative estimate of drug-likeness (QED) is 0.483. The normalized spacial score (nSPS) is 11.8. The van der Waals surface area contributed by atoms with E-state index in [2.05, 4.69) is 25.3 Å². The lowest BCUT2D eigenvalue weighted by atomic mass is 10.2. The van der Waals surface area contributed by atoms with Gasteiger partial charge in [0, 0.05) is 31.4 Å². The Morgan fingerprint density at radius 2 is 1.88 bits per heavy atom. The van der Waals surface area contributed by atoms with Gasteiger partial charge in [0.1, 0.15) is 0 Å². The molecule has 8 heteroatoms. The molecular formula is C18H25N5O2S. The third-order valence-corrected chi connectivity index (χ3v) is 4.05. The molecule has 0 atom stereocenters. The first-order valence-electron chi connectivity index (χ1n) is 8.45. The van der Waals surface area contributed by atoms with Crippen LogP contribution in [0.4, 0.5) is 5.69 Å². The molecule has 1 aromatic carbocycles. The van der Waals surface area contributed by atoms with Crippen molar-refractivity contribution < 1.29 is 8.42 Å². The number of benzene rings is 1. The molecule has 2 aromatic rings. The predicted molar refractivity (Wildman–Crippen MR) is 106 cm³/mol. The van der Waals surface area contributed by atoms with Crippen molar-refractivity contribution in [1.29, 1.82) is 0 Å². The molecule has 2 rings (SSSR count). The maximum Gasteiger partial charge on any atom is 0.229 e. The van der Waals surface area contributed by atoms with E-state index in [0.717, 1.165) is 30.5 Å². The Morgan fingerprint density at radius 3 is 2.58 bits per heavy atom. The molecule has 3 N–H and O–H groups in total. The monoisotopic (exact) mass is 375 g/mol. The van der Waals surface area contributed by atoms with Crippen LogP contribution >= 0.6 is 0 Å². The fraction of sp³-hybridized carbons (Fsp3) is 0.333. The Balaban J connectivity index is 2.00. The summed E-state index contributed by atoms with van der Waals surface area (Å²) >= 11 is 0. The predicted octanol–water partition coefficient (Wildman–Crippen LogP) is 1.75. The Bertz CT molecular complexity index is 822. The SMILES string of the molecule is CCNC(=NCc1ccccc1NS(C)(=O)=O)NCCc1ccccn1. The highest BCUT2D eigenvalue weighted by Crippen LogP contribution is 2.17. The average Bonchev–Trinajstić information content (AvgIpc) is 2.60. The first-order chi connectivity index (χ1) is 12.5. The van der Waals surface area contributed by atoms with Gasteiger partial charge in [0.2, 0.25) is 10.0 Å². The third kappa shape index (κ3) is 7.10. The summed E-state index contributed by atoms with van der Waals surface area (Å²) in [5, 5.41) is 6.45. The minimum Gasteiger partial charge on any atom is -0.357 e. The van der Waals surface area contributed by atoms with E-state index in [0.29, 0.717) is 24.7 Å². The van der Waals surface area contributed by atoms with E-state index in [1.54, 1.807) is 18.3 Å². The molecule has 0 amide bonds. The summed E-state index contributed by atoms with van der Waals surface area (Å²) in [6, 6.07) is 13.1. The van der Waals surface area contributed by atoms with E-state index in [9.17, 15) is 8.42 Å². The first-order valence-corrected chi connectivity index (χ1v) is 10.3. The average molecular weight is 375 g/mol. The van der Waals surface area contributed by atoms with Crippen molar-refractivity contribution in [3.8, 4) is 0 Å². The second kappa shape index (κ2) is 9.76. The van der Waals surface area contributed by atoms with Crippen molar-refractivity contribution in [2.45, 2.75) is 19.9 Å². The lowest BCUT2D eigenvalue weighted by molar-refractivity contribution is 0.606. The number of rotatable bonds is 8. The highest BCUT2D eigenvalue weighted by Gasteiger charge is 2.07. The fourth-order valence-corrected chi connectivity index (χ4v) is 2.92. The van der Waals surface area contributed by atoms with Crippen molar-refractivity contribution in [3.63, 3.8) is 0 Å². The summed E-state index contributed by atoms with van der Waals surface area (Å²) in [7, 11) is -3.33.